The Hall–Kier alpha value is -2.10. The van der Waals surface area contributed by atoms with Gasteiger partial charge in [-0.1, -0.05) is 25.5 Å². The lowest BCUT2D eigenvalue weighted by Crippen LogP contribution is -2.43. The van der Waals surface area contributed by atoms with Crippen molar-refractivity contribution in [1.29, 1.82) is 0 Å². The molecule has 26 heavy (non-hydrogen) atoms. The van der Waals surface area contributed by atoms with Crippen LogP contribution in [0.1, 0.15) is 25.3 Å². The van der Waals surface area contributed by atoms with Crippen molar-refractivity contribution in [3.63, 3.8) is 0 Å². The van der Waals surface area contributed by atoms with E-state index in [-0.39, 0.29) is 5.69 Å². The highest BCUT2D eigenvalue weighted by Gasteiger charge is 2.11. The number of nitrogens with zero attached hydrogens (tertiary/aromatic N) is 3. The van der Waals surface area contributed by atoms with E-state index in [2.05, 4.69) is 20.7 Å². The van der Waals surface area contributed by atoms with E-state index in [1.165, 1.54) is 12.1 Å². The van der Waals surface area contributed by atoms with E-state index in [4.69, 9.17) is 17.0 Å². The standard InChI is InChI=1S/C17H25N5O3S/c1-2-4-16(14-5-3-6-15(13-14)22(23)24)19-20-17(26)18-7-8-21-9-11-25-12-10-21/h3,5-6,13H,2,4,7-12H2,1H3,(H2,18,20,26)/b19-16-. The quantitative estimate of drug-likeness (QED) is 0.308. The van der Waals surface area contributed by atoms with Gasteiger partial charge in [0.15, 0.2) is 5.11 Å². The van der Waals surface area contributed by atoms with Crippen LogP contribution in [0.15, 0.2) is 29.4 Å². The molecule has 1 heterocycles. The number of morpholine rings is 1. The second kappa shape index (κ2) is 10.8. The van der Waals surface area contributed by atoms with Gasteiger partial charge in [0.05, 0.1) is 23.8 Å². The normalized spacial score (nSPS) is 15.5. The first-order valence-electron chi connectivity index (χ1n) is 8.75. The summed E-state index contributed by atoms with van der Waals surface area (Å²) in [5, 5.41) is 18.9. The van der Waals surface area contributed by atoms with Gasteiger partial charge in [0.2, 0.25) is 0 Å². The third-order valence-corrected chi connectivity index (χ3v) is 4.22. The molecule has 1 aromatic carbocycles. The lowest BCUT2D eigenvalue weighted by Gasteiger charge is -2.26. The summed E-state index contributed by atoms with van der Waals surface area (Å²) in [6.45, 7) is 7.07. The topological polar surface area (TPSA) is 92.0 Å². The molecule has 0 bridgehead atoms. The summed E-state index contributed by atoms with van der Waals surface area (Å²) in [7, 11) is 0. The molecule has 0 amide bonds. The molecule has 1 aliphatic heterocycles. The van der Waals surface area contributed by atoms with Crippen LogP contribution in [0.2, 0.25) is 0 Å². The van der Waals surface area contributed by atoms with E-state index in [1.54, 1.807) is 6.07 Å². The highest BCUT2D eigenvalue weighted by molar-refractivity contribution is 7.80. The van der Waals surface area contributed by atoms with Crippen molar-refractivity contribution in [3.8, 4) is 0 Å². The zero-order valence-corrected chi connectivity index (χ0v) is 15.8. The van der Waals surface area contributed by atoms with Crippen molar-refractivity contribution in [1.82, 2.24) is 15.6 Å². The van der Waals surface area contributed by atoms with Crippen molar-refractivity contribution < 1.29 is 9.66 Å². The van der Waals surface area contributed by atoms with E-state index in [0.717, 1.165) is 57.1 Å². The summed E-state index contributed by atoms with van der Waals surface area (Å²) in [6, 6.07) is 6.49. The van der Waals surface area contributed by atoms with Crippen LogP contribution in [-0.2, 0) is 4.74 Å². The number of ether oxygens (including phenoxy) is 1. The van der Waals surface area contributed by atoms with Crippen LogP contribution < -0.4 is 10.7 Å². The van der Waals surface area contributed by atoms with Gasteiger partial charge in [0, 0.05) is 43.9 Å². The number of non-ortho nitro benzene ring substituents is 1. The molecule has 0 aliphatic carbocycles. The highest BCUT2D eigenvalue weighted by atomic mass is 32.1. The van der Waals surface area contributed by atoms with Crippen molar-refractivity contribution in [2.24, 2.45) is 5.10 Å². The number of rotatable bonds is 8. The Morgan fingerprint density at radius 1 is 1.42 bits per heavy atom. The van der Waals surface area contributed by atoms with Crippen LogP contribution in [0, 0.1) is 10.1 Å². The van der Waals surface area contributed by atoms with Gasteiger partial charge in [-0.2, -0.15) is 5.10 Å². The summed E-state index contributed by atoms with van der Waals surface area (Å²) in [4.78, 5) is 12.9. The fraction of sp³-hybridized carbons (Fsp3) is 0.529. The molecule has 2 N–H and O–H groups in total. The Morgan fingerprint density at radius 2 is 2.19 bits per heavy atom. The second-order valence-corrected chi connectivity index (χ2v) is 6.35. The predicted octanol–water partition coefficient (Wildman–Crippen LogP) is 1.90. The van der Waals surface area contributed by atoms with Gasteiger partial charge in [-0.05, 0) is 18.6 Å². The Bertz CT molecular complexity index is 647. The fourth-order valence-corrected chi connectivity index (χ4v) is 2.76. The first kappa shape index (κ1) is 20.2. The van der Waals surface area contributed by atoms with Gasteiger partial charge >= 0.3 is 0 Å². The Labute approximate surface area is 158 Å². The van der Waals surface area contributed by atoms with Gasteiger partial charge in [0.1, 0.15) is 0 Å². The largest absolute Gasteiger partial charge is 0.379 e. The number of thiocarbonyl (C=S) groups is 1. The number of hydrazone groups is 1. The van der Waals surface area contributed by atoms with E-state index >= 15 is 0 Å². The molecule has 0 spiro atoms. The van der Waals surface area contributed by atoms with Crippen molar-refractivity contribution >= 4 is 28.7 Å². The minimum atomic E-state index is -0.404. The molecule has 142 valence electrons. The number of nitro benzene ring substituents is 1. The van der Waals surface area contributed by atoms with E-state index < -0.39 is 4.92 Å². The molecule has 1 aromatic rings. The molecule has 8 nitrogen and oxygen atoms in total. The average Bonchev–Trinajstić information content (AvgIpc) is 2.66. The lowest BCUT2D eigenvalue weighted by atomic mass is 10.1. The summed E-state index contributed by atoms with van der Waals surface area (Å²) in [6.07, 6.45) is 1.57. The van der Waals surface area contributed by atoms with Crippen LogP contribution in [-0.4, -0.2) is 60.0 Å². The highest BCUT2D eigenvalue weighted by Crippen LogP contribution is 2.15. The number of nitro groups is 1. The van der Waals surface area contributed by atoms with Gasteiger partial charge < -0.3 is 10.1 Å². The Morgan fingerprint density at radius 3 is 2.88 bits per heavy atom. The SMILES string of the molecule is CCC/C(=N/NC(=S)NCCN1CCOCC1)c1cccc([N+](=O)[O-])c1. The summed E-state index contributed by atoms with van der Waals surface area (Å²) < 4.78 is 5.32. The molecule has 1 saturated heterocycles. The van der Waals surface area contributed by atoms with Gasteiger partial charge in [-0.25, -0.2) is 0 Å². The summed E-state index contributed by atoms with van der Waals surface area (Å²) in [5.74, 6) is 0. The third-order valence-electron chi connectivity index (χ3n) is 3.99. The van der Waals surface area contributed by atoms with E-state index in [9.17, 15) is 10.1 Å². The molecule has 2 rings (SSSR count). The van der Waals surface area contributed by atoms with Crippen LogP contribution >= 0.6 is 12.2 Å². The van der Waals surface area contributed by atoms with E-state index in [1.807, 2.05) is 13.0 Å². The number of nitrogens with one attached hydrogen (secondary N) is 2. The fourth-order valence-electron chi connectivity index (χ4n) is 2.61. The number of benzene rings is 1. The minimum Gasteiger partial charge on any atom is -0.379 e. The summed E-state index contributed by atoms with van der Waals surface area (Å²) >= 11 is 5.26. The lowest BCUT2D eigenvalue weighted by molar-refractivity contribution is -0.384. The first-order valence-corrected chi connectivity index (χ1v) is 9.16. The van der Waals surface area contributed by atoms with E-state index in [0.29, 0.717) is 11.5 Å². The smallest absolute Gasteiger partial charge is 0.270 e. The van der Waals surface area contributed by atoms with Gasteiger partial charge in [-0.15, -0.1) is 0 Å². The molecular formula is C17H25N5O3S. The van der Waals surface area contributed by atoms with Gasteiger partial charge in [0.25, 0.3) is 5.69 Å². The molecule has 0 saturated carbocycles. The summed E-state index contributed by atoms with van der Waals surface area (Å²) in [5.41, 5.74) is 4.37. The maximum atomic E-state index is 11.0. The maximum absolute atomic E-state index is 11.0. The molecule has 0 atom stereocenters. The van der Waals surface area contributed by atoms with Crippen molar-refractivity contribution in [2.45, 2.75) is 19.8 Å². The molecule has 0 unspecified atom stereocenters. The Kier molecular flexibility index (Phi) is 8.39. The molecule has 1 fully saturated rings. The maximum Gasteiger partial charge on any atom is 0.270 e. The van der Waals surface area contributed by atoms with Crippen LogP contribution in [0.25, 0.3) is 0 Å². The molecule has 9 heteroatoms. The van der Waals surface area contributed by atoms with Crippen LogP contribution in [0.5, 0.6) is 0 Å². The van der Waals surface area contributed by atoms with Crippen LogP contribution in [0.4, 0.5) is 5.69 Å². The molecule has 0 aromatic heterocycles. The van der Waals surface area contributed by atoms with Crippen molar-refractivity contribution in [2.75, 3.05) is 39.4 Å². The number of hydrogen-bond donors (Lipinski definition) is 2. The van der Waals surface area contributed by atoms with Crippen molar-refractivity contribution in [3.05, 3.63) is 39.9 Å². The third kappa shape index (κ3) is 6.66. The van der Waals surface area contributed by atoms with Gasteiger partial charge in [-0.3, -0.25) is 20.4 Å². The second-order valence-electron chi connectivity index (χ2n) is 5.94. The number of hydrogen-bond acceptors (Lipinski definition) is 6. The van der Waals surface area contributed by atoms with Crippen LogP contribution in [0.3, 0.4) is 0 Å². The molecular weight excluding hydrogens is 354 g/mol. The minimum absolute atomic E-state index is 0.0533. The average molecular weight is 379 g/mol. The molecule has 0 radical (unpaired) electrons. The zero-order valence-electron chi connectivity index (χ0n) is 14.9. The predicted molar refractivity (Wildman–Crippen MR) is 106 cm³/mol. The molecule has 1 aliphatic rings. The zero-order chi connectivity index (χ0) is 18.8. The Balaban J connectivity index is 1.88. The first-order chi connectivity index (χ1) is 12.6. The monoisotopic (exact) mass is 379 g/mol.